The van der Waals surface area contributed by atoms with Crippen molar-refractivity contribution in [3.8, 4) is 11.3 Å². The molecule has 0 amide bonds. The highest BCUT2D eigenvalue weighted by molar-refractivity contribution is 6.29. The number of halogens is 1. The first-order valence-electron chi connectivity index (χ1n) is 8.68. The Morgan fingerprint density at radius 3 is 2.68 bits per heavy atom. The molecule has 1 saturated carbocycles. The highest BCUT2D eigenvalue weighted by Crippen LogP contribution is 2.46. The van der Waals surface area contributed by atoms with Crippen molar-refractivity contribution in [2.75, 3.05) is 0 Å². The summed E-state index contributed by atoms with van der Waals surface area (Å²) < 4.78 is 0. The standard InChI is InChI=1S/C20H19ClN2O2/c1-2-11-3-4-12(16-7-8-17(21)23-22-16)10-15(11)18-19(24)13-5-6-14(9-13)20(18)25/h3-4,7-8,10,13-14,24H,2,5-6,9H2,1H3. The number of carbonyl (C=O) groups is 1. The molecule has 0 aliphatic heterocycles. The van der Waals surface area contributed by atoms with Gasteiger partial charge in [-0.15, -0.1) is 10.2 Å². The lowest BCUT2D eigenvalue weighted by atomic mass is 9.81. The van der Waals surface area contributed by atoms with Crippen LogP contribution in [0.15, 0.2) is 36.1 Å². The van der Waals surface area contributed by atoms with Crippen LogP contribution in [0.3, 0.4) is 0 Å². The summed E-state index contributed by atoms with van der Waals surface area (Å²) in [6.07, 6.45) is 3.36. The number of nitrogens with zero attached hydrogens (tertiary/aromatic N) is 2. The minimum atomic E-state index is 0.0552. The zero-order valence-electron chi connectivity index (χ0n) is 14.0. The van der Waals surface area contributed by atoms with E-state index in [0.717, 1.165) is 42.4 Å². The van der Waals surface area contributed by atoms with Gasteiger partial charge in [0.05, 0.1) is 11.3 Å². The van der Waals surface area contributed by atoms with Crippen LogP contribution in [-0.2, 0) is 11.2 Å². The number of ketones is 1. The molecule has 1 fully saturated rings. The van der Waals surface area contributed by atoms with E-state index in [2.05, 4.69) is 17.1 Å². The fourth-order valence-corrected chi connectivity index (χ4v) is 4.12. The van der Waals surface area contributed by atoms with Crippen LogP contribution in [0.4, 0.5) is 0 Å². The summed E-state index contributed by atoms with van der Waals surface area (Å²) in [5.74, 6) is 0.536. The number of hydrogen-bond acceptors (Lipinski definition) is 4. The molecule has 0 spiro atoms. The van der Waals surface area contributed by atoms with E-state index in [0.29, 0.717) is 16.4 Å². The number of Topliss-reactive ketones (excluding diaryl/α,β-unsaturated/α-hetero) is 1. The number of aliphatic hydroxyl groups excluding tert-OH is 1. The number of aryl methyl sites for hydroxylation is 1. The van der Waals surface area contributed by atoms with Gasteiger partial charge in [-0.05, 0) is 55.0 Å². The van der Waals surface area contributed by atoms with Crippen LogP contribution in [0.5, 0.6) is 0 Å². The van der Waals surface area contributed by atoms with Crippen LogP contribution in [0.1, 0.15) is 37.3 Å². The Morgan fingerprint density at radius 2 is 1.96 bits per heavy atom. The second-order valence-corrected chi connectivity index (χ2v) is 7.19. The zero-order chi connectivity index (χ0) is 17.6. The molecule has 1 aromatic heterocycles. The third-order valence-electron chi connectivity index (χ3n) is 5.38. The van der Waals surface area contributed by atoms with Crippen LogP contribution >= 0.6 is 11.6 Å². The minimum absolute atomic E-state index is 0.0552. The first-order valence-corrected chi connectivity index (χ1v) is 9.06. The molecular formula is C20H19ClN2O2. The van der Waals surface area contributed by atoms with Crippen LogP contribution < -0.4 is 0 Å². The Morgan fingerprint density at radius 1 is 1.16 bits per heavy atom. The maximum atomic E-state index is 12.9. The van der Waals surface area contributed by atoms with E-state index >= 15 is 0 Å². The predicted octanol–water partition coefficient (Wildman–Crippen LogP) is 4.63. The van der Waals surface area contributed by atoms with Gasteiger partial charge in [-0.25, -0.2) is 0 Å². The molecule has 2 aromatic rings. The Bertz CT molecular complexity index is 874. The quantitative estimate of drug-likeness (QED) is 0.873. The molecule has 0 radical (unpaired) electrons. The van der Waals surface area contributed by atoms with Gasteiger partial charge in [0.25, 0.3) is 0 Å². The van der Waals surface area contributed by atoms with Gasteiger partial charge in [0, 0.05) is 17.4 Å². The van der Waals surface area contributed by atoms with E-state index < -0.39 is 0 Å². The molecule has 1 aromatic carbocycles. The van der Waals surface area contributed by atoms with E-state index in [9.17, 15) is 9.90 Å². The summed E-state index contributed by atoms with van der Waals surface area (Å²) in [4.78, 5) is 12.9. The number of aliphatic hydroxyl groups is 1. The number of fused-ring (bicyclic) bond motifs is 2. The smallest absolute Gasteiger partial charge is 0.169 e. The van der Waals surface area contributed by atoms with Crippen LogP contribution in [-0.4, -0.2) is 21.1 Å². The minimum Gasteiger partial charge on any atom is -0.511 e. The Kier molecular flexibility index (Phi) is 4.08. The summed E-state index contributed by atoms with van der Waals surface area (Å²) in [6, 6.07) is 9.43. The molecule has 4 rings (SSSR count). The molecule has 2 unspecified atom stereocenters. The lowest BCUT2D eigenvalue weighted by Crippen LogP contribution is -2.22. The van der Waals surface area contributed by atoms with Gasteiger partial charge in [-0.1, -0.05) is 30.7 Å². The number of hydrogen-bond donors (Lipinski definition) is 1. The monoisotopic (exact) mass is 354 g/mol. The van der Waals surface area contributed by atoms with Crippen molar-refractivity contribution in [2.45, 2.75) is 32.6 Å². The molecule has 4 nitrogen and oxygen atoms in total. The third kappa shape index (κ3) is 2.74. The molecule has 2 bridgehead atoms. The van der Waals surface area contributed by atoms with Crippen molar-refractivity contribution in [3.63, 3.8) is 0 Å². The lowest BCUT2D eigenvalue weighted by Gasteiger charge is -2.23. The highest BCUT2D eigenvalue weighted by atomic mass is 35.5. The summed E-state index contributed by atoms with van der Waals surface area (Å²) in [6.45, 7) is 2.06. The summed E-state index contributed by atoms with van der Waals surface area (Å²) in [5, 5.41) is 19.1. The highest BCUT2D eigenvalue weighted by Gasteiger charge is 2.41. The Labute approximate surface area is 151 Å². The second kappa shape index (κ2) is 6.26. The number of benzene rings is 1. The average Bonchev–Trinajstić information content (AvgIpc) is 3.08. The van der Waals surface area contributed by atoms with E-state index in [1.807, 2.05) is 18.2 Å². The predicted molar refractivity (Wildman–Crippen MR) is 97.2 cm³/mol. The fourth-order valence-electron chi connectivity index (χ4n) is 4.02. The molecule has 2 aliphatic carbocycles. The summed E-state index contributed by atoms with van der Waals surface area (Å²) in [7, 11) is 0. The van der Waals surface area contributed by atoms with Crippen molar-refractivity contribution in [1.29, 1.82) is 0 Å². The first kappa shape index (κ1) is 16.3. The Balaban J connectivity index is 1.86. The molecule has 0 saturated heterocycles. The van der Waals surface area contributed by atoms with Crippen molar-refractivity contribution in [1.82, 2.24) is 10.2 Å². The van der Waals surface area contributed by atoms with Gasteiger partial charge in [0.15, 0.2) is 10.9 Å². The maximum absolute atomic E-state index is 12.9. The van der Waals surface area contributed by atoms with E-state index in [4.69, 9.17) is 11.6 Å². The van der Waals surface area contributed by atoms with Crippen molar-refractivity contribution >= 4 is 23.0 Å². The maximum Gasteiger partial charge on any atom is 0.169 e. The first-order chi connectivity index (χ1) is 12.1. The van der Waals surface area contributed by atoms with Gasteiger partial charge < -0.3 is 5.11 Å². The van der Waals surface area contributed by atoms with E-state index in [1.54, 1.807) is 12.1 Å². The van der Waals surface area contributed by atoms with Crippen LogP contribution in [0.2, 0.25) is 5.15 Å². The van der Waals surface area contributed by atoms with Crippen molar-refractivity contribution in [3.05, 3.63) is 52.4 Å². The van der Waals surface area contributed by atoms with Crippen LogP contribution in [0.25, 0.3) is 16.8 Å². The molecule has 1 N–H and O–H groups in total. The Hall–Kier alpha value is -2.20. The lowest BCUT2D eigenvalue weighted by molar-refractivity contribution is -0.117. The van der Waals surface area contributed by atoms with Gasteiger partial charge in [-0.3, -0.25) is 4.79 Å². The summed E-state index contributed by atoms with van der Waals surface area (Å²) >= 11 is 5.82. The molecule has 25 heavy (non-hydrogen) atoms. The SMILES string of the molecule is CCc1ccc(-c2ccc(Cl)nn2)cc1C1=C(O)C2CCC(C2)C1=O. The van der Waals surface area contributed by atoms with E-state index in [1.165, 1.54) is 0 Å². The second-order valence-electron chi connectivity index (χ2n) is 6.80. The number of aromatic nitrogens is 2. The zero-order valence-corrected chi connectivity index (χ0v) is 14.8. The largest absolute Gasteiger partial charge is 0.511 e. The third-order valence-corrected chi connectivity index (χ3v) is 5.58. The summed E-state index contributed by atoms with van der Waals surface area (Å²) in [5.41, 5.74) is 3.96. The number of rotatable bonds is 3. The molecular weight excluding hydrogens is 336 g/mol. The fraction of sp³-hybridized carbons (Fsp3) is 0.350. The topological polar surface area (TPSA) is 63.1 Å². The molecule has 2 atom stereocenters. The van der Waals surface area contributed by atoms with Crippen molar-refractivity contribution in [2.24, 2.45) is 11.8 Å². The molecule has 5 heteroatoms. The average molecular weight is 355 g/mol. The van der Waals surface area contributed by atoms with Crippen molar-refractivity contribution < 1.29 is 9.90 Å². The van der Waals surface area contributed by atoms with Crippen LogP contribution in [0, 0.1) is 11.8 Å². The number of carbonyl (C=O) groups excluding carboxylic acids is 1. The van der Waals surface area contributed by atoms with Gasteiger partial charge >= 0.3 is 0 Å². The molecule has 1 heterocycles. The molecule has 128 valence electrons. The molecule has 2 aliphatic rings. The normalized spacial score (nSPS) is 22.6. The van der Waals surface area contributed by atoms with Gasteiger partial charge in [0.1, 0.15) is 5.76 Å². The van der Waals surface area contributed by atoms with Gasteiger partial charge in [0.2, 0.25) is 0 Å². The van der Waals surface area contributed by atoms with E-state index in [-0.39, 0.29) is 23.4 Å². The van der Waals surface area contributed by atoms with Gasteiger partial charge in [-0.2, -0.15) is 0 Å². The number of allylic oxidation sites excluding steroid dienone is 2.